The SMILES string of the molecule is Cc1nn(C)c(C)c1CCC(=O)NCc1ccccc1CN1C[C@@H](C)C[C@H](C)C1. The standard InChI is InChI=1S/C24H36N4O/c1-17-12-18(2)15-28(14-17)16-22-9-7-6-8-21(22)13-25-24(29)11-10-23-19(3)26-27(5)20(23)4/h6-9,17-18H,10-16H2,1-5H3,(H,25,29)/t17-,18-/m0/s1. The maximum absolute atomic E-state index is 12.5. The molecule has 5 nitrogen and oxygen atoms in total. The number of likely N-dealkylation sites (tertiary alicyclic amines) is 1. The Morgan fingerprint density at radius 1 is 1.14 bits per heavy atom. The molecule has 0 bridgehead atoms. The second kappa shape index (κ2) is 9.57. The van der Waals surface area contributed by atoms with Gasteiger partial charge in [0.05, 0.1) is 5.69 Å². The Hall–Kier alpha value is -2.14. The summed E-state index contributed by atoms with van der Waals surface area (Å²) in [5.74, 6) is 1.61. The lowest BCUT2D eigenvalue weighted by Gasteiger charge is -2.35. The number of aromatic nitrogens is 2. The molecule has 1 aromatic heterocycles. The van der Waals surface area contributed by atoms with E-state index in [4.69, 9.17) is 0 Å². The summed E-state index contributed by atoms with van der Waals surface area (Å²) in [4.78, 5) is 15.0. The van der Waals surface area contributed by atoms with E-state index in [0.29, 0.717) is 13.0 Å². The van der Waals surface area contributed by atoms with E-state index in [9.17, 15) is 4.79 Å². The molecule has 2 heterocycles. The Morgan fingerprint density at radius 3 is 2.41 bits per heavy atom. The number of benzene rings is 1. The molecule has 1 aromatic carbocycles. The number of nitrogens with one attached hydrogen (secondary N) is 1. The lowest BCUT2D eigenvalue weighted by atomic mass is 9.91. The fourth-order valence-corrected chi connectivity index (χ4v) is 4.75. The van der Waals surface area contributed by atoms with Crippen LogP contribution < -0.4 is 5.32 Å². The van der Waals surface area contributed by atoms with Crippen LogP contribution in [0, 0.1) is 25.7 Å². The average Bonchev–Trinajstić information content (AvgIpc) is 2.90. The Kier molecular flexibility index (Phi) is 7.12. The number of carbonyl (C=O) groups excluding carboxylic acids is 1. The van der Waals surface area contributed by atoms with Gasteiger partial charge >= 0.3 is 0 Å². The van der Waals surface area contributed by atoms with E-state index >= 15 is 0 Å². The van der Waals surface area contributed by atoms with Gasteiger partial charge in [0.1, 0.15) is 0 Å². The van der Waals surface area contributed by atoms with E-state index in [2.05, 4.69) is 60.4 Å². The number of amides is 1. The molecule has 2 atom stereocenters. The number of hydrogen-bond acceptors (Lipinski definition) is 3. The molecule has 158 valence electrons. The molecule has 0 unspecified atom stereocenters. The first kappa shape index (κ1) is 21.6. The smallest absolute Gasteiger partial charge is 0.220 e. The summed E-state index contributed by atoms with van der Waals surface area (Å²) in [6.07, 6.45) is 2.56. The minimum Gasteiger partial charge on any atom is -0.352 e. The first-order valence-corrected chi connectivity index (χ1v) is 10.9. The van der Waals surface area contributed by atoms with Crippen LogP contribution in [-0.4, -0.2) is 33.7 Å². The predicted molar refractivity (Wildman–Crippen MR) is 118 cm³/mol. The van der Waals surface area contributed by atoms with Gasteiger partial charge in [-0.25, -0.2) is 0 Å². The number of carbonyl (C=O) groups is 1. The quantitative estimate of drug-likeness (QED) is 0.775. The maximum Gasteiger partial charge on any atom is 0.220 e. The van der Waals surface area contributed by atoms with Crippen LogP contribution in [0.5, 0.6) is 0 Å². The van der Waals surface area contributed by atoms with Crippen LogP contribution in [0.15, 0.2) is 24.3 Å². The number of nitrogens with zero attached hydrogens (tertiary/aromatic N) is 3. The maximum atomic E-state index is 12.5. The number of hydrogen-bond donors (Lipinski definition) is 1. The van der Waals surface area contributed by atoms with Crippen molar-refractivity contribution in [2.45, 2.75) is 60.0 Å². The second-order valence-corrected chi connectivity index (χ2v) is 8.96. The van der Waals surface area contributed by atoms with E-state index in [1.807, 2.05) is 18.7 Å². The summed E-state index contributed by atoms with van der Waals surface area (Å²) in [6.45, 7) is 12.7. The molecule has 1 saturated heterocycles. The van der Waals surface area contributed by atoms with Gasteiger partial charge in [-0.15, -0.1) is 0 Å². The fourth-order valence-electron chi connectivity index (χ4n) is 4.75. The highest BCUT2D eigenvalue weighted by Gasteiger charge is 2.22. The van der Waals surface area contributed by atoms with E-state index in [1.165, 1.54) is 23.1 Å². The molecule has 0 radical (unpaired) electrons. The van der Waals surface area contributed by atoms with Crippen LogP contribution in [0.1, 0.15) is 54.8 Å². The minimum absolute atomic E-state index is 0.0997. The van der Waals surface area contributed by atoms with Crippen LogP contribution in [0.25, 0.3) is 0 Å². The van der Waals surface area contributed by atoms with E-state index < -0.39 is 0 Å². The van der Waals surface area contributed by atoms with Crippen molar-refractivity contribution in [1.29, 1.82) is 0 Å². The summed E-state index contributed by atoms with van der Waals surface area (Å²) in [5, 5.41) is 7.57. The Morgan fingerprint density at radius 2 is 1.79 bits per heavy atom. The van der Waals surface area contributed by atoms with Crippen molar-refractivity contribution in [2.75, 3.05) is 13.1 Å². The molecule has 0 saturated carbocycles. The van der Waals surface area contributed by atoms with Gasteiger partial charge in [-0.2, -0.15) is 5.10 Å². The molecule has 1 aliphatic rings. The largest absolute Gasteiger partial charge is 0.352 e. The molecule has 5 heteroatoms. The second-order valence-electron chi connectivity index (χ2n) is 8.96. The third kappa shape index (κ3) is 5.69. The van der Waals surface area contributed by atoms with Crippen LogP contribution in [0.3, 0.4) is 0 Å². The van der Waals surface area contributed by atoms with E-state index in [1.54, 1.807) is 0 Å². The molecule has 1 fully saturated rings. The lowest BCUT2D eigenvalue weighted by molar-refractivity contribution is -0.121. The van der Waals surface area contributed by atoms with Gasteiger partial charge in [-0.3, -0.25) is 14.4 Å². The van der Waals surface area contributed by atoms with Crippen molar-refractivity contribution in [3.63, 3.8) is 0 Å². The van der Waals surface area contributed by atoms with Crippen LogP contribution >= 0.6 is 0 Å². The molecule has 2 aromatic rings. The molecule has 29 heavy (non-hydrogen) atoms. The van der Waals surface area contributed by atoms with Crippen molar-refractivity contribution in [1.82, 2.24) is 20.0 Å². The predicted octanol–water partition coefficient (Wildman–Crippen LogP) is 3.76. The highest BCUT2D eigenvalue weighted by atomic mass is 16.1. The Bertz CT molecular complexity index is 831. The van der Waals surface area contributed by atoms with Crippen LogP contribution in [0.2, 0.25) is 0 Å². The van der Waals surface area contributed by atoms with Gasteiger partial charge in [0, 0.05) is 45.3 Å². The highest BCUT2D eigenvalue weighted by molar-refractivity contribution is 5.76. The Balaban J connectivity index is 1.54. The van der Waals surface area contributed by atoms with E-state index in [0.717, 1.165) is 49.3 Å². The first-order valence-electron chi connectivity index (χ1n) is 10.9. The van der Waals surface area contributed by atoms with Crippen LogP contribution in [-0.2, 0) is 31.4 Å². The fraction of sp³-hybridized carbons (Fsp3) is 0.583. The molecule has 1 N–H and O–H groups in total. The average molecular weight is 397 g/mol. The molecule has 1 amide bonds. The van der Waals surface area contributed by atoms with Gasteiger partial charge in [0.2, 0.25) is 5.91 Å². The van der Waals surface area contributed by atoms with Gasteiger partial charge in [0.15, 0.2) is 0 Å². The van der Waals surface area contributed by atoms with Crippen molar-refractivity contribution in [3.05, 3.63) is 52.3 Å². The summed E-state index contributed by atoms with van der Waals surface area (Å²) in [6, 6.07) is 8.51. The van der Waals surface area contributed by atoms with Crippen molar-refractivity contribution >= 4 is 5.91 Å². The number of aryl methyl sites for hydroxylation is 2. The number of piperidine rings is 1. The Labute approximate surface area is 175 Å². The minimum atomic E-state index is 0.0997. The zero-order chi connectivity index (χ0) is 21.0. The zero-order valence-electron chi connectivity index (χ0n) is 18.7. The van der Waals surface area contributed by atoms with Crippen molar-refractivity contribution in [2.24, 2.45) is 18.9 Å². The molecule has 1 aliphatic heterocycles. The van der Waals surface area contributed by atoms with Crippen molar-refractivity contribution < 1.29 is 4.79 Å². The lowest BCUT2D eigenvalue weighted by Crippen LogP contribution is -2.38. The molecule has 0 spiro atoms. The van der Waals surface area contributed by atoms with Crippen molar-refractivity contribution in [3.8, 4) is 0 Å². The van der Waals surface area contributed by atoms with Crippen LogP contribution in [0.4, 0.5) is 0 Å². The van der Waals surface area contributed by atoms with Gasteiger partial charge in [0.25, 0.3) is 0 Å². The first-order chi connectivity index (χ1) is 13.8. The molecular weight excluding hydrogens is 360 g/mol. The normalized spacial score (nSPS) is 20.0. The van der Waals surface area contributed by atoms with E-state index in [-0.39, 0.29) is 5.91 Å². The topological polar surface area (TPSA) is 50.2 Å². The summed E-state index contributed by atoms with van der Waals surface area (Å²) >= 11 is 0. The third-order valence-corrected chi connectivity index (χ3v) is 6.19. The van der Waals surface area contributed by atoms with Gasteiger partial charge in [-0.05, 0) is 55.2 Å². The third-order valence-electron chi connectivity index (χ3n) is 6.19. The highest BCUT2D eigenvalue weighted by Crippen LogP contribution is 2.23. The monoisotopic (exact) mass is 396 g/mol. The summed E-state index contributed by atoms with van der Waals surface area (Å²) in [5.41, 5.74) is 5.91. The van der Waals surface area contributed by atoms with Gasteiger partial charge in [-0.1, -0.05) is 38.1 Å². The van der Waals surface area contributed by atoms with Gasteiger partial charge < -0.3 is 5.32 Å². The summed E-state index contributed by atoms with van der Waals surface area (Å²) in [7, 11) is 1.95. The zero-order valence-corrected chi connectivity index (χ0v) is 18.7. The molecule has 3 rings (SSSR count). The molecular formula is C24H36N4O. The molecule has 0 aliphatic carbocycles. The number of rotatable bonds is 7. The summed E-state index contributed by atoms with van der Waals surface area (Å²) < 4.78 is 1.89.